The molecule has 3 rings (SSSR count). The molecule has 2 N–H and O–H groups in total. The van der Waals surface area contributed by atoms with Crippen LogP contribution in [0.2, 0.25) is 5.02 Å². The monoisotopic (exact) mass is 484 g/mol. The zero-order valence-corrected chi connectivity index (χ0v) is 21.0. The summed E-state index contributed by atoms with van der Waals surface area (Å²) in [4.78, 5) is 12.7. The Morgan fingerprint density at radius 2 is 1.55 bits per heavy atom. The number of carbonyl (C=O) groups excluding carboxylic acids is 1. The fraction of sp³-hybridized carbons (Fsp3) is 0.269. The van der Waals surface area contributed by atoms with Gasteiger partial charge in [0.05, 0.1) is 11.1 Å². The number of benzene rings is 3. The van der Waals surface area contributed by atoms with Crippen LogP contribution in [-0.2, 0) is 15.4 Å². The number of aryl methyl sites for hydroxylation is 1. The number of anilines is 1. The van der Waals surface area contributed by atoms with Gasteiger partial charge in [-0.1, -0.05) is 74.3 Å². The lowest BCUT2D eigenvalue weighted by atomic mass is 9.86. The largest absolute Gasteiger partial charge is 0.346 e. The summed E-state index contributed by atoms with van der Waals surface area (Å²) in [6.45, 7) is 10.2. The van der Waals surface area contributed by atoms with Crippen molar-refractivity contribution in [3.8, 4) is 0 Å². The van der Waals surface area contributed by atoms with Crippen molar-refractivity contribution in [3.63, 3.8) is 0 Å². The van der Waals surface area contributed by atoms with Crippen molar-refractivity contribution in [1.29, 1.82) is 0 Å². The van der Waals surface area contributed by atoms with E-state index in [9.17, 15) is 13.2 Å². The summed E-state index contributed by atoms with van der Waals surface area (Å²) in [6, 6.07) is 19.0. The lowest BCUT2D eigenvalue weighted by molar-refractivity contribution is 0.0939. The molecule has 174 valence electrons. The van der Waals surface area contributed by atoms with E-state index in [0.717, 1.165) is 11.1 Å². The summed E-state index contributed by atoms with van der Waals surface area (Å²) in [6.07, 6.45) is 0. The van der Waals surface area contributed by atoms with Gasteiger partial charge in [-0.05, 0) is 60.7 Å². The topological polar surface area (TPSA) is 75.3 Å². The Morgan fingerprint density at radius 3 is 2.12 bits per heavy atom. The van der Waals surface area contributed by atoms with Crippen LogP contribution < -0.4 is 10.0 Å². The van der Waals surface area contributed by atoms with Crippen molar-refractivity contribution in [1.82, 2.24) is 5.32 Å². The molecule has 0 aliphatic rings. The Bertz CT molecular complexity index is 1250. The number of nitrogens with one attached hydrogen (secondary N) is 2. The lowest BCUT2D eigenvalue weighted by Crippen LogP contribution is -2.27. The number of rotatable bonds is 6. The molecule has 33 heavy (non-hydrogen) atoms. The van der Waals surface area contributed by atoms with E-state index in [1.807, 2.05) is 26.0 Å². The number of carbonyl (C=O) groups is 1. The highest BCUT2D eigenvalue weighted by atomic mass is 35.5. The first-order valence-corrected chi connectivity index (χ1v) is 12.5. The van der Waals surface area contributed by atoms with E-state index in [2.05, 4.69) is 42.9 Å². The molecule has 0 unspecified atom stereocenters. The zero-order chi connectivity index (χ0) is 24.4. The fourth-order valence-corrected chi connectivity index (χ4v) is 4.90. The second-order valence-corrected chi connectivity index (χ2v) is 11.2. The van der Waals surface area contributed by atoms with Gasteiger partial charge in [0, 0.05) is 11.3 Å². The molecule has 0 radical (unpaired) electrons. The molecule has 3 aromatic carbocycles. The average Bonchev–Trinajstić information content (AvgIpc) is 2.74. The Labute approximate surface area is 201 Å². The van der Waals surface area contributed by atoms with Crippen LogP contribution in [0.3, 0.4) is 0 Å². The predicted molar refractivity (Wildman–Crippen MR) is 134 cm³/mol. The molecule has 1 atom stereocenters. The summed E-state index contributed by atoms with van der Waals surface area (Å²) >= 11 is 6.18. The van der Waals surface area contributed by atoms with Gasteiger partial charge in [-0.3, -0.25) is 9.52 Å². The highest BCUT2D eigenvalue weighted by Crippen LogP contribution is 2.27. The molecule has 0 aliphatic carbocycles. The summed E-state index contributed by atoms with van der Waals surface area (Å²) in [5.74, 6) is -0.383. The Morgan fingerprint density at radius 1 is 0.939 bits per heavy atom. The second-order valence-electron chi connectivity index (χ2n) is 9.18. The van der Waals surface area contributed by atoms with E-state index in [4.69, 9.17) is 11.6 Å². The minimum absolute atomic E-state index is 0.0389. The molecule has 0 saturated heterocycles. The highest BCUT2D eigenvalue weighted by Gasteiger charge is 2.21. The maximum atomic E-state index is 12.9. The van der Waals surface area contributed by atoms with Crippen molar-refractivity contribution in [3.05, 3.63) is 94.0 Å². The van der Waals surface area contributed by atoms with Crippen molar-refractivity contribution >= 4 is 33.2 Å². The van der Waals surface area contributed by atoms with Gasteiger partial charge in [0.1, 0.15) is 4.90 Å². The molecule has 0 heterocycles. The summed E-state index contributed by atoms with van der Waals surface area (Å²) in [5.41, 5.74) is 3.85. The van der Waals surface area contributed by atoms with E-state index in [0.29, 0.717) is 5.69 Å². The van der Waals surface area contributed by atoms with Crippen LogP contribution in [-0.4, -0.2) is 14.3 Å². The summed E-state index contributed by atoms with van der Waals surface area (Å²) in [5, 5.41) is 2.97. The maximum Gasteiger partial charge on any atom is 0.263 e. The third-order valence-corrected chi connectivity index (χ3v) is 7.27. The standard InChI is InChI=1S/C26H29ClN2O3S/c1-17-6-13-22(14-7-17)29-33(31,32)24-16-20(10-15-23(24)27)25(30)28-18(2)19-8-11-21(12-9-19)26(3,4)5/h6-16,18,29H,1-5H3,(H,28,30)/t18-/m0/s1. The third-order valence-electron chi connectivity index (χ3n) is 5.41. The van der Waals surface area contributed by atoms with Crippen LogP contribution in [0.15, 0.2) is 71.6 Å². The van der Waals surface area contributed by atoms with Crippen LogP contribution in [0.1, 0.15) is 60.8 Å². The van der Waals surface area contributed by atoms with Gasteiger partial charge >= 0.3 is 0 Å². The van der Waals surface area contributed by atoms with Crippen LogP contribution in [0.5, 0.6) is 0 Å². The van der Waals surface area contributed by atoms with E-state index in [1.54, 1.807) is 24.3 Å². The first kappa shape index (κ1) is 24.8. The smallest absolute Gasteiger partial charge is 0.263 e. The first-order valence-electron chi connectivity index (χ1n) is 10.7. The lowest BCUT2D eigenvalue weighted by Gasteiger charge is -2.21. The van der Waals surface area contributed by atoms with Crippen molar-refractivity contribution in [2.24, 2.45) is 0 Å². The van der Waals surface area contributed by atoms with Gasteiger partial charge in [0.2, 0.25) is 0 Å². The number of hydrogen-bond acceptors (Lipinski definition) is 3. The van der Waals surface area contributed by atoms with Gasteiger partial charge in [0.25, 0.3) is 15.9 Å². The van der Waals surface area contributed by atoms with Crippen LogP contribution >= 0.6 is 11.6 Å². The average molecular weight is 485 g/mol. The number of amides is 1. The third kappa shape index (κ3) is 6.15. The second kappa shape index (κ2) is 9.57. The quantitative estimate of drug-likeness (QED) is 0.435. The molecule has 1 amide bonds. The number of sulfonamides is 1. The maximum absolute atomic E-state index is 12.9. The van der Waals surface area contributed by atoms with Crippen molar-refractivity contribution < 1.29 is 13.2 Å². The first-order chi connectivity index (χ1) is 15.4. The van der Waals surface area contributed by atoms with Gasteiger partial charge in [-0.25, -0.2) is 8.42 Å². The minimum Gasteiger partial charge on any atom is -0.346 e. The molecule has 5 nitrogen and oxygen atoms in total. The van der Waals surface area contributed by atoms with Gasteiger partial charge < -0.3 is 5.32 Å². The van der Waals surface area contributed by atoms with Gasteiger partial charge in [0.15, 0.2) is 0 Å². The van der Waals surface area contributed by atoms with E-state index < -0.39 is 10.0 Å². The normalized spacial score (nSPS) is 12.8. The van der Waals surface area contributed by atoms with Crippen LogP contribution in [0.4, 0.5) is 5.69 Å². The molecule has 0 aromatic heterocycles. The molecule has 0 aliphatic heterocycles. The highest BCUT2D eigenvalue weighted by molar-refractivity contribution is 7.92. The fourth-order valence-electron chi connectivity index (χ4n) is 3.32. The molecule has 7 heteroatoms. The van der Waals surface area contributed by atoms with E-state index in [-0.39, 0.29) is 32.8 Å². The summed E-state index contributed by atoms with van der Waals surface area (Å²) < 4.78 is 28.3. The molecule has 0 spiro atoms. The Balaban J connectivity index is 1.79. The van der Waals surface area contributed by atoms with Crippen LogP contribution in [0.25, 0.3) is 0 Å². The molecular weight excluding hydrogens is 456 g/mol. The molecule has 0 bridgehead atoms. The molecule has 0 saturated carbocycles. The van der Waals surface area contributed by atoms with Gasteiger partial charge in [-0.15, -0.1) is 0 Å². The molecule has 0 fully saturated rings. The van der Waals surface area contributed by atoms with Crippen molar-refractivity contribution in [2.75, 3.05) is 4.72 Å². The molecule has 3 aromatic rings. The summed E-state index contributed by atoms with van der Waals surface area (Å²) in [7, 11) is -3.97. The van der Waals surface area contributed by atoms with E-state index >= 15 is 0 Å². The zero-order valence-electron chi connectivity index (χ0n) is 19.4. The predicted octanol–water partition coefficient (Wildman–Crippen LogP) is 6.24. The van der Waals surface area contributed by atoms with Gasteiger partial charge in [-0.2, -0.15) is 0 Å². The number of hydrogen-bond donors (Lipinski definition) is 2. The minimum atomic E-state index is -3.97. The molecular formula is C26H29ClN2O3S. The van der Waals surface area contributed by atoms with Crippen LogP contribution in [0, 0.1) is 6.92 Å². The Kier molecular flexibility index (Phi) is 7.20. The van der Waals surface area contributed by atoms with E-state index in [1.165, 1.54) is 23.8 Å². The SMILES string of the molecule is Cc1ccc(NS(=O)(=O)c2cc(C(=O)N[C@@H](C)c3ccc(C(C)(C)C)cc3)ccc2Cl)cc1. The Hall–Kier alpha value is -2.83. The van der Waals surface area contributed by atoms with Crippen molar-refractivity contribution in [2.45, 2.75) is 51.0 Å². The number of halogens is 1.